The summed E-state index contributed by atoms with van der Waals surface area (Å²) in [7, 11) is 0. The van der Waals surface area contributed by atoms with Crippen LogP contribution in [0, 0.1) is 6.92 Å². The summed E-state index contributed by atoms with van der Waals surface area (Å²) in [6, 6.07) is 10.7. The number of benzene rings is 1. The Kier molecular flexibility index (Phi) is 5.08. The number of aryl methyl sites for hydroxylation is 1. The van der Waals surface area contributed by atoms with E-state index >= 15 is 0 Å². The van der Waals surface area contributed by atoms with Crippen molar-refractivity contribution >= 4 is 11.8 Å². The van der Waals surface area contributed by atoms with Crippen molar-refractivity contribution in [1.82, 2.24) is 4.98 Å². The zero-order chi connectivity index (χ0) is 15.9. The summed E-state index contributed by atoms with van der Waals surface area (Å²) < 4.78 is 5.55. The van der Waals surface area contributed by atoms with Crippen LogP contribution < -0.4 is 10.5 Å². The van der Waals surface area contributed by atoms with E-state index in [9.17, 15) is 4.79 Å². The van der Waals surface area contributed by atoms with Gasteiger partial charge in [0.1, 0.15) is 5.75 Å². The highest BCUT2D eigenvalue weighted by Gasteiger charge is 2.17. The van der Waals surface area contributed by atoms with E-state index < -0.39 is 12.1 Å². The summed E-state index contributed by atoms with van der Waals surface area (Å²) in [5, 5.41) is 3.62. The molecule has 6 nitrogen and oxygen atoms in total. The highest BCUT2D eigenvalue weighted by Crippen LogP contribution is 2.18. The summed E-state index contributed by atoms with van der Waals surface area (Å²) >= 11 is 0. The molecular formula is C16H17N3O3. The number of para-hydroxylation sites is 1. The third kappa shape index (κ3) is 4.05. The summed E-state index contributed by atoms with van der Waals surface area (Å²) in [6.45, 7) is 3.49. The van der Waals surface area contributed by atoms with Gasteiger partial charge in [0.2, 0.25) is 0 Å². The minimum atomic E-state index is -0.796. The van der Waals surface area contributed by atoms with Crippen LogP contribution in [0.3, 0.4) is 0 Å². The minimum absolute atomic E-state index is 0.0961. The highest BCUT2D eigenvalue weighted by atomic mass is 16.7. The van der Waals surface area contributed by atoms with E-state index in [0.29, 0.717) is 11.3 Å². The number of hydrogen-bond acceptors (Lipinski definition) is 5. The molecule has 22 heavy (non-hydrogen) atoms. The molecule has 1 atom stereocenters. The SMILES string of the molecule is Cc1ccccc1O[C@@H](C)C(=O)O/N=C(/N)c1ccncc1. The van der Waals surface area contributed by atoms with Gasteiger partial charge in [-0.25, -0.2) is 4.79 Å². The van der Waals surface area contributed by atoms with Crippen molar-refractivity contribution in [1.29, 1.82) is 0 Å². The molecule has 0 bridgehead atoms. The lowest BCUT2D eigenvalue weighted by Crippen LogP contribution is -2.26. The number of nitrogens with two attached hydrogens (primary N) is 1. The fraction of sp³-hybridized carbons (Fsp3) is 0.188. The lowest BCUT2D eigenvalue weighted by Gasteiger charge is -2.13. The van der Waals surface area contributed by atoms with Crippen LogP contribution in [0.5, 0.6) is 5.75 Å². The Hall–Kier alpha value is -2.89. The van der Waals surface area contributed by atoms with Crippen LogP contribution in [-0.2, 0) is 9.63 Å². The van der Waals surface area contributed by atoms with E-state index in [1.807, 2.05) is 25.1 Å². The van der Waals surface area contributed by atoms with E-state index in [2.05, 4.69) is 10.1 Å². The molecule has 0 unspecified atom stereocenters. The molecule has 1 heterocycles. The summed E-state index contributed by atoms with van der Waals surface area (Å²) in [4.78, 5) is 20.6. The number of pyridine rings is 1. The molecule has 2 N–H and O–H groups in total. The average molecular weight is 299 g/mol. The third-order valence-corrected chi connectivity index (χ3v) is 2.94. The normalized spacial score (nSPS) is 12.5. The average Bonchev–Trinajstić information content (AvgIpc) is 2.55. The van der Waals surface area contributed by atoms with Gasteiger partial charge in [-0.05, 0) is 37.6 Å². The monoisotopic (exact) mass is 299 g/mol. The van der Waals surface area contributed by atoms with Crippen LogP contribution in [-0.4, -0.2) is 22.9 Å². The molecule has 0 aliphatic carbocycles. The molecule has 6 heteroatoms. The molecule has 2 rings (SSSR count). The second-order valence-corrected chi connectivity index (χ2v) is 4.65. The maximum Gasteiger partial charge on any atom is 0.374 e. The number of amidine groups is 1. The molecule has 0 fully saturated rings. The molecule has 0 spiro atoms. The topological polar surface area (TPSA) is 86.8 Å². The number of carbonyl (C=O) groups excluding carboxylic acids is 1. The van der Waals surface area contributed by atoms with Crippen molar-refractivity contribution in [2.45, 2.75) is 20.0 Å². The summed E-state index contributed by atoms with van der Waals surface area (Å²) in [5.74, 6) is 0.0946. The van der Waals surface area contributed by atoms with Gasteiger partial charge in [-0.15, -0.1) is 0 Å². The largest absolute Gasteiger partial charge is 0.479 e. The van der Waals surface area contributed by atoms with Crippen LogP contribution >= 0.6 is 0 Å². The second kappa shape index (κ2) is 7.21. The molecule has 0 aliphatic heterocycles. The van der Waals surface area contributed by atoms with Crippen molar-refractivity contribution in [2.75, 3.05) is 0 Å². The first-order valence-corrected chi connectivity index (χ1v) is 6.75. The van der Waals surface area contributed by atoms with Gasteiger partial charge in [0, 0.05) is 18.0 Å². The highest BCUT2D eigenvalue weighted by molar-refractivity contribution is 5.97. The van der Waals surface area contributed by atoms with Gasteiger partial charge in [-0.1, -0.05) is 23.4 Å². The van der Waals surface area contributed by atoms with Crippen LogP contribution in [0.4, 0.5) is 0 Å². The standard InChI is InChI=1S/C16H17N3O3/c1-11-5-3-4-6-14(11)21-12(2)16(20)22-19-15(17)13-7-9-18-10-8-13/h3-10,12H,1-2H3,(H2,17,19)/t12-/m0/s1. The Labute approximate surface area is 128 Å². The van der Waals surface area contributed by atoms with Gasteiger partial charge in [-0.2, -0.15) is 0 Å². The number of oxime groups is 1. The number of nitrogens with zero attached hydrogens (tertiary/aromatic N) is 2. The van der Waals surface area contributed by atoms with Crippen LogP contribution in [0.2, 0.25) is 0 Å². The van der Waals surface area contributed by atoms with Gasteiger partial charge in [0.25, 0.3) is 0 Å². The van der Waals surface area contributed by atoms with E-state index in [4.69, 9.17) is 15.3 Å². The maximum absolute atomic E-state index is 11.9. The Morgan fingerprint density at radius 2 is 1.91 bits per heavy atom. The molecule has 1 aromatic heterocycles. The van der Waals surface area contributed by atoms with Gasteiger partial charge in [0.15, 0.2) is 11.9 Å². The van der Waals surface area contributed by atoms with E-state index in [1.165, 1.54) is 0 Å². The predicted octanol–water partition coefficient (Wildman–Crippen LogP) is 2.02. The van der Waals surface area contributed by atoms with E-state index in [0.717, 1.165) is 5.56 Å². The molecule has 0 saturated carbocycles. The molecule has 0 aliphatic rings. The Morgan fingerprint density at radius 1 is 1.23 bits per heavy atom. The van der Waals surface area contributed by atoms with Crippen LogP contribution in [0.15, 0.2) is 53.9 Å². The van der Waals surface area contributed by atoms with Crippen LogP contribution in [0.1, 0.15) is 18.1 Å². The molecule has 0 saturated heterocycles. The number of ether oxygens (including phenoxy) is 1. The molecular weight excluding hydrogens is 282 g/mol. The molecule has 1 aromatic carbocycles. The number of carbonyl (C=O) groups is 1. The Balaban J connectivity index is 1.96. The van der Waals surface area contributed by atoms with Gasteiger partial charge in [0.05, 0.1) is 0 Å². The first-order chi connectivity index (χ1) is 10.6. The summed E-state index contributed by atoms with van der Waals surface area (Å²) in [5.41, 5.74) is 7.28. The predicted molar refractivity (Wildman–Crippen MR) is 82.3 cm³/mol. The molecule has 0 amide bonds. The van der Waals surface area contributed by atoms with Crippen molar-refractivity contribution in [2.24, 2.45) is 10.9 Å². The molecule has 0 radical (unpaired) electrons. The molecule has 114 valence electrons. The van der Waals surface area contributed by atoms with Crippen molar-refractivity contribution in [3.63, 3.8) is 0 Å². The first-order valence-electron chi connectivity index (χ1n) is 6.75. The summed E-state index contributed by atoms with van der Waals surface area (Å²) in [6.07, 6.45) is 2.35. The van der Waals surface area contributed by atoms with E-state index in [-0.39, 0.29) is 5.84 Å². The van der Waals surface area contributed by atoms with Crippen LogP contribution in [0.25, 0.3) is 0 Å². The fourth-order valence-corrected chi connectivity index (χ4v) is 1.67. The van der Waals surface area contributed by atoms with E-state index in [1.54, 1.807) is 37.5 Å². The smallest absolute Gasteiger partial charge is 0.374 e. The number of rotatable bonds is 5. The maximum atomic E-state index is 11.9. The lowest BCUT2D eigenvalue weighted by molar-refractivity contribution is -0.151. The Morgan fingerprint density at radius 3 is 2.59 bits per heavy atom. The fourth-order valence-electron chi connectivity index (χ4n) is 1.67. The first kappa shape index (κ1) is 15.5. The second-order valence-electron chi connectivity index (χ2n) is 4.65. The minimum Gasteiger partial charge on any atom is -0.479 e. The van der Waals surface area contributed by atoms with Gasteiger partial charge < -0.3 is 15.3 Å². The quantitative estimate of drug-likeness (QED) is 0.395. The van der Waals surface area contributed by atoms with Crippen molar-refractivity contribution < 1.29 is 14.4 Å². The van der Waals surface area contributed by atoms with Crippen molar-refractivity contribution in [3.8, 4) is 5.75 Å². The number of hydrogen-bond donors (Lipinski definition) is 1. The zero-order valence-electron chi connectivity index (χ0n) is 12.4. The third-order valence-electron chi connectivity index (χ3n) is 2.94. The van der Waals surface area contributed by atoms with Crippen molar-refractivity contribution in [3.05, 3.63) is 59.9 Å². The van der Waals surface area contributed by atoms with Gasteiger partial charge in [-0.3, -0.25) is 4.98 Å². The lowest BCUT2D eigenvalue weighted by atomic mass is 10.2. The Bertz CT molecular complexity index is 671. The zero-order valence-corrected chi connectivity index (χ0v) is 12.4. The number of aromatic nitrogens is 1. The molecule has 2 aromatic rings. The van der Waals surface area contributed by atoms with Gasteiger partial charge >= 0.3 is 5.97 Å².